The van der Waals surface area contributed by atoms with Gasteiger partial charge in [0, 0.05) is 22.0 Å². The Labute approximate surface area is 82.3 Å². The van der Waals surface area contributed by atoms with Crippen molar-refractivity contribution < 1.29 is 13.0 Å². The molecule has 0 aromatic carbocycles. The van der Waals surface area contributed by atoms with Crippen molar-refractivity contribution in [3.05, 3.63) is 47.9 Å². The molecule has 0 aromatic rings. The third kappa shape index (κ3) is 11.2. The van der Waals surface area contributed by atoms with Gasteiger partial charge in [0.05, 0.1) is 0 Å². The fourth-order valence-corrected chi connectivity index (χ4v) is 0.408. The molecule has 0 heterocycles. The van der Waals surface area contributed by atoms with Gasteiger partial charge in [-0.25, -0.2) is 8.42 Å². The second-order valence-corrected chi connectivity index (χ2v) is 4.75. The molecule has 0 spiro atoms. The monoisotopic (exact) mass is 220 g/mol. The highest BCUT2D eigenvalue weighted by Gasteiger charge is 1.90. The summed E-state index contributed by atoms with van der Waals surface area (Å²) in [5, 5.41) is 4.35. The highest BCUT2D eigenvalue weighted by molar-refractivity contribution is 7.97. The first kappa shape index (κ1) is 14.7. The molecule has 3 nitrogen and oxygen atoms in total. The van der Waals surface area contributed by atoms with Crippen molar-refractivity contribution in [2.75, 3.05) is 0 Å². The molecule has 13 heavy (non-hydrogen) atoms. The van der Waals surface area contributed by atoms with Crippen molar-refractivity contribution in [2.24, 2.45) is 0 Å². The molecule has 0 N–H and O–H groups in total. The van der Waals surface area contributed by atoms with Gasteiger partial charge in [0.2, 0.25) is 0 Å². The van der Waals surface area contributed by atoms with E-state index >= 15 is 0 Å². The highest BCUT2D eigenvalue weighted by atomic mass is 32.2. The van der Waals surface area contributed by atoms with E-state index in [1.54, 1.807) is 0 Å². The third-order valence-electron chi connectivity index (χ3n) is 0.793. The Hall–Kier alpha value is -0.780. The predicted molar refractivity (Wildman–Crippen MR) is 57.9 cm³/mol. The lowest BCUT2D eigenvalue weighted by Gasteiger charge is -1.90. The number of rotatable bonds is 4. The Morgan fingerprint density at radius 3 is 1.31 bits per heavy atom. The second kappa shape index (κ2) is 7.85. The van der Waals surface area contributed by atoms with Gasteiger partial charge in [0.15, 0.2) is 9.84 Å². The topological polar surface area (TPSA) is 57.2 Å². The maximum Gasteiger partial charge on any atom is 0.191 e. The van der Waals surface area contributed by atoms with Crippen LogP contribution in [-0.4, -0.2) is 13.0 Å². The molecule has 5 heteroatoms. The van der Waals surface area contributed by atoms with Gasteiger partial charge in [0.25, 0.3) is 0 Å². The van der Waals surface area contributed by atoms with Gasteiger partial charge in [-0.3, -0.25) is 0 Å². The van der Waals surface area contributed by atoms with E-state index in [1.807, 2.05) is 0 Å². The van der Waals surface area contributed by atoms with E-state index in [2.05, 4.69) is 26.3 Å². The van der Waals surface area contributed by atoms with Crippen LogP contribution >= 0.6 is 0 Å². The Kier molecular flexibility index (Phi) is 8.89. The molecule has 0 saturated heterocycles. The molecule has 0 bridgehead atoms. The van der Waals surface area contributed by atoms with E-state index in [4.69, 9.17) is 0 Å². The fourth-order valence-electron chi connectivity index (χ4n) is 0.136. The normalized spacial score (nSPS) is 9.38. The average molecular weight is 220 g/mol. The Bertz CT molecular complexity index is 256. The zero-order chi connectivity index (χ0) is 10.9. The minimum absolute atomic E-state index is 0.847. The van der Waals surface area contributed by atoms with Crippen molar-refractivity contribution in [3.63, 3.8) is 0 Å². The molecule has 0 radical (unpaired) electrons. The lowest BCUT2D eigenvalue weighted by atomic mass is 11.3. The lowest BCUT2D eigenvalue weighted by Crippen LogP contribution is -1.83. The fraction of sp³-hybridized carbons (Fsp3) is 0. The average Bonchev–Trinajstić information content (AvgIpc) is 2.17. The van der Waals surface area contributed by atoms with Crippen LogP contribution in [0.1, 0.15) is 0 Å². The van der Waals surface area contributed by atoms with Crippen molar-refractivity contribution >= 4 is 21.0 Å². The van der Waals surface area contributed by atoms with Crippen LogP contribution < -0.4 is 0 Å². The van der Waals surface area contributed by atoms with Crippen LogP contribution in [0.3, 0.4) is 0 Å². The van der Waals surface area contributed by atoms with Gasteiger partial charge in [-0.15, -0.1) is 0 Å². The minimum Gasteiger partial charge on any atom is -0.607 e. The summed E-state index contributed by atoms with van der Waals surface area (Å²) in [6.45, 7) is 12.6. The van der Waals surface area contributed by atoms with Gasteiger partial charge in [0.1, 0.15) is 10.8 Å². The largest absolute Gasteiger partial charge is 0.607 e. The summed E-state index contributed by atoms with van der Waals surface area (Å²) in [7, 11) is -3.13. The summed E-state index contributed by atoms with van der Waals surface area (Å²) in [6, 6.07) is 0. The Morgan fingerprint density at radius 2 is 1.31 bits per heavy atom. The number of hydrogen-bond donors (Lipinski definition) is 0. The summed E-state index contributed by atoms with van der Waals surface area (Å²) in [6.07, 6.45) is 0. The first-order valence-corrected chi connectivity index (χ1v) is 5.96. The standard InChI is InChI=1S/C4H6O2S.C4H6OS/c1-3-7(5,6)4-2;1-3-6(5)4-2/h3-4H,1-2H2;3-4H,1-2H2. The molecule has 0 aliphatic heterocycles. The molecule has 0 saturated carbocycles. The van der Waals surface area contributed by atoms with Crippen LogP contribution in [0, 0.1) is 0 Å². The van der Waals surface area contributed by atoms with Crippen LogP contribution in [0.25, 0.3) is 0 Å². The number of sulfone groups is 1. The first-order valence-electron chi connectivity index (χ1n) is 3.08. The SMILES string of the molecule is C=CS(=O)(=O)C=C.C=C[S+]([O-])C=C. The van der Waals surface area contributed by atoms with Crippen molar-refractivity contribution in [1.82, 2.24) is 0 Å². The van der Waals surface area contributed by atoms with Crippen LogP contribution in [0.5, 0.6) is 0 Å². The summed E-state index contributed by atoms with van der Waals surface area (Å²) < 4.78 is 30.3. The molecular weight excluding hydrogens is 208 g/mol. The van der Waals surface area contributed by atoms with E-state index in [0.29, 0.717) is 0 Å². The van der Waals surface area contributed by atoms with Crippen LogP contribution in [0.2, 0.25) is 0 Å². The molecule has 0 rings (SSSR count). The molecular formula is C8H12O3S2. The maximum atomic E-state index is 10.1. The molecule has 0 amide bonds. The van der Waals surface area contributed by atoms with Gasteiger partial charge in [-0.2, -0.15) is 0 Å². The molecule has 0 unspecified atom stereocenters. The molecule has 0 aromatic heterocycles. The number of hydrogen-bond acceptors (Lipinski definition) is 3. The molecule has 0 aliphatic carbocycles. The van der Waals surface area contributed by atoms with Gasteiger partial charge < -0.3 is 4.55 Å². The van der Waals surface area contributed by atoms with E-state index in [9.17, 15) is 13.0 Å². The predicted octanol–water partition coefficient (Wildman–Crippen LogP) is 1.71. The van der Waals surface area contributed by atoms with Gasteiger partial charge in [-0.05, 0) is 0 Å². The van der Waals surface area contributed by atoms with Gasteiger partial charge >= 0.3 is 0 Å². The second-order valence-electron chi connectivity index (χ2n) is 1.58. The Morgan fingerprint density at radius 1 is 1.00 bits per heavy atom. The zero-order valence-corrected chi connectivity index (χ0v) is 8.81. The maximum absolute atomic E-state index is 10.1. The zero-order valence-electron chi connectivity index (χ0n) is 7.18. The summed E-state index contributed by atoms with van der Waals surface area (Å²) in [5.74, 6) is 0. The molecule has 74 valence electrons. The van der Waals surface area contributed by atoms with Crippen LogP contribution in [0.15, 0.2) is 47.9 Å². The summed E-state index contributed by atoms with van der Waals surface area (Å²) >= 11 is -1.01. The van der Waals surface area contributed by atoms with Crippen molar-refractivity contribution in [3.8, 4) is 0 Å². The van der Waals surface area contributed by atoms with E-state index in [1.165, 1.54) is 10.8 Å². The molecule has 0 atom stereocenters. The van der Waals surface area contributed by atoms with E-state index < -0.39 is 21.0 Å². The smallest absolute Gasteiger partial charge is 0.191 e. The van der Waals surface area contributed by atoms with Crippen LogP contribution in [0.4, 0.5) is 0 Å². The van der Waals surface area contributed by atoms with Gasteiger partial charge in [-0.1, -0.05) is 26.3 Å². The van der Waals surface area contributed by atoms with Crippen LogP contribution in [-0.2, 0) is 21.0 Å². The van der Waals surface area contributed by atoms with Crippen molar-refractivity contribution in [1.29, 1.82) is 0 Å². The third-order valence-corrected chi connectivity index (χ3v) is 2.38. The van der Waals surface area contributed by atoms with E-state index in [-0.39, 0.29) is 0 Å². The lowest BCUT2D eigenvalue weighted by molar-refractivity contribution is 0.611. The molecule has 0 aliphatic rings. The summed E-state index contributed by atoms with van der Waals surface area (Å²) in [5.41, 5.74) is 0. The highest BCUT2D eigenvalue weighted by Crippen LogP contribution is 1.87. The first-order chi connectivity index (χ1) is 5.93. The van der Waals surface area contributed by atoms with E-state index in [0.717, 1.165) is 10.8 Å². The van der Waals surface area contributed by atoms with Crippen molar-refractivity contribution in [2.45, 2.75) is 0 Å². The molecule has 0 fully saturated rings. The quantitative estimate of drug-likeness (QED) is 0.678. The Balaban J connectivity index is 0. The minimum atomic E-state index is -3.13. The summed E-state index contributed by atoms with van der Waals surface area (Å²) in [4.78, 5) is 0.